The van der Waals surface area contributed by atoms with Crippen molar-refractivity contribution in [2.75, 3.05) is 93.5 Å². The minimum atomic E-state index is 0.473. The molecule has 7 aromatic rings. The largest absolute Gasteiger partial charge is 0.491 e. The van der Waals surface area contributed by atoms with Crippen LogP contribution < -0.4 is 9.47 Å². The second-order valence-electron chi connectivity index (χ2n) is 14.7. The molecule has 0 fully saturated rings. The lowest BCUT2D eigenvalue weighted by Crippen LogP contribution is -2.12. The fraction of sp³-hybridized carbons (Fsp3) is 0.250. The highest BCUT2D eigenvalue weighted by molar-refractivity contribution is 6.09. The van der Waals surface area contributed by atoms with E-state index < -0.39 is 0 Å². The van der Waals surface area contributed by atoms with E-state index >= 15 is 0 Å². The average molecular weight is 855 g/mol. The number of hydrogen-bond acceptors (Lipinski definition) is 8. The first kappa shape index (κ1) is 45.6. The third kappa shape index (κ3) is 13.3. The molecule has 0 atom stereocenters. The third-order valence-corrected chi connectivity index (χ3v) is 10.3. The summed E-state index contributed by atoms with van der Waals surface area (Å²) in [6, 6.07) is 49.8. The second kappa shape index (κ2) is 25.0. The van der Waals surface area contributed by atoms with E-state index in [0.717, 1.165) is 77.6 Å². The van der Waals surface area contributed by atoms with Crippen LogP contribution >= 0.6 is 0 Å². The molecule has 0 saturated carbocycles. The smallest absolute Gasteiger partial charge is 0.119 e. The molecule has 0 amide bonds. The molecule has 0 aromatic heterocycles. The number of rotatable bonds is 22. The van der Waals surface area contributed by atoms with Gasteiger partial charge in [0.25, 0.3) is 0 Å². The molecule has 0 radical (unpaired) electrons. The lowest BCUT2D eigenvalue weighted by molar-refractivity contribution is 0.0180. The first-order valence-electron chi connectivity index (χ1n) is 21.6. The highest BCUT2D eigenvalue weighted by Gasteiger charge is 2.12. The predicted octanol–water partition coefficient (Wildman–Crippen LogP) is 10.2. The van der Waals surface area contributed by atoms with Gasteiger partial charge in [-0.2, -0.15) is 0 Å². The summed E-state index contributed by atoms with van der Waals surface area (Å²) in [4.78, 5) is 0. The van der Waals surface area contributed by atoms with E-state index in [1.165, 1.54) is 0 Å². The van der Waals surface area contributed by atoms with Gasteiger partial charge >= 0.3 is 0 Å². The van der Waals surface area contributed by atoms with Crippen LogP contribution in [0.5, 0.6) is 11.5 Å². The molecule has 0 aliphatic heterocycles. The van der Waals surface area contributed by atoms with Crippen molar-refractivity contribution >= 4 is 21.5 Å². The first-order valence-corrected chi connectivity index (χ1v) is 21.6. The van der Waals surface area contributed by atoms with E-state index in [4.69, 9.17) is 37.9 Å². The van der Waals surface area contributed by atoms with Crippen molar-refractivity contribution in [1.29, 1.82) is 0 Å². The molecular formula is C56H54O8. The first-order chi connectivity index (χ1) is 31.7. The Morgan fingerprint density at radius 3 is 0.891 bits per heavy atom. The molecule has 64 heavy (non-hydrogen) atoms. The maximum Gasteiger partial charge on any atom is 0.119 e. The lowest BCUT2D eigenvalue weighted by Gasteiger charge is -2.10. The molecule has 0 bridgehead atoms. The second-order valence-corrected chi connectivity index (χ2v) is 14.7. The Kier molecular flexibility index (Phi) is 17.8. The molecule has 8 nitrogen and oxygen atoms in total. The average Bonchev–Trinajstić information content (AvgIpc) is 3.35. The fourth-order valence-corrected chi connectivity index (χ4v) is 7.01. The maximum absolute atomic E-state index is 5.86. The van der Waals surface area contributed by atoms with Gasteiger partial charge in [-0.05, 0) is 92.3 Å². The molecule has 0 spiro atoms. The van der Waals surface area contributed by atoms with Gasteiger partial charge in [-0.1, -0.05) is 121 Å². The summed E-state index contributed by atoms with van der Waals surface area (Å²) in [7, 11) is 3.31. The predicted molar refractivity (Wildman–Crippen MR) is 255 cm³/mol. The van der Waals surface area contributed by atoms with Crippen molar-refractivity contribution in [2.45, 2.75) is 0 Å². The normalized spacial score (nSPS) is 10.9. The maximum atomic E-state index is 5.86. The van der Waals surface area contributed by atoms with Gasteiger partial charge in [0.15, 0.2) is 0 Å². The highest BCUT2D eigenvalue weighted by Crippen LogP contribution is 2.33. The highest BCUT2D eigenvalue weighted by atomic mass is 16.6. The molecule has 326 valence electrons. The van der Waals surface area contributed by atoms with E-state index in [9.17, 15) is 0 Å². The van der Waals surface area contributed by atoms with Crippen LogP contribution in [-0.4, -0.2) is 93.5 Å². The Balaban J connectivity index is 0.975. The van der Waals surface area contributed by atoms with Crippen LogP contribution in [-0.2, 0) is 28.4 Å². The van der Waals surface area contributed by atoms with E-state index in [-0.39, 0.29) is 0 Å². The number of hydrogen-bond donors (Lipinski definition) is 0. The Morgan fingerprint density at radius 1 is 0.297 bits per heavy atom. The minimum Gasteiger partial charge on any atom is -0.491 e. The van der Waals surface area contributed by atoms with E-state index in [2.05, 4.69) is 145 Å². The monoisotopic (exact) mass is 854 g/mol. The quantitative estimate of drug-likeness (QED) is 0.0379. The van der Waals surface area contributed by atoms with Gasteiger partial charge in [-0.3, -0.25) is 0 Å². The standard InChI is InChI=1S/C56H54O8/c1-57-31-33-59-35-37-61-39-41-63-49-25-21-47(22-26-49)45-17-11-43(12-18-45)15-29-55-51-7-3-5-9-53(51)56(54-10-6-4-8-52(54)55)30-16-44-13-19-46(20-14-44)48-23-27-50(28-24-48)64-42-40-62-38-36-60-34-32-58-2/h3-14,17-28H,31-42H2,1-2H3. The lowest BCUT2D eigenvalue weighted by atomic mass is 9.91. The summed E-state index contributed by atoms with van der Waals surface area (Å²) < 4.78 is 43.6. The number of ether oxygens (including phenoxy) is 8. The summed E-state index contributed by atoms with van der Waals surface area (Å²) in [5.74, 6) is 15.6. The van der Waals surface area contributed by atoms with Crippen LogP contribution in [0.3, 0.4) is 0 Å². The van der Waals surface area contributed by atoms with Crippen LogP contribution in [0.4, 0.5) is 0 Å². The van der Waals surface area contributed by atoms with Gasteiger partial charge in [0, 0.05) is 36.5 Å². The molecule has 0 saturated heterocycles. The molecule has 0 unspecified atom stereocenters. The van der Waals surface area contributed by atoms with Gasteiger partial charge in [-0.25, -0.2) is 0 Å². The third-order valence-electron chi connectivity index (χ3n) is 10.3. The zero-order chi connectivity index (χ0) is 44.0. The van der Waals surface area contributed by atoms with Gasteiger partial charge < -0.3 is 37.9 Å². The van der Waals surface area contributed by atoms with Crippen LogP contribution in [0.15, 0.2) is 146 Å². The van der Waals surface area contributed by atoms with Crippen molar-refractivity contribution in [2.24, 2.45) is 0 Å². The molecule has 0 aliphatic carbocycles. The summed E-state index contributed by atoms with van der Waals surface area (Å²) >= 11 is 0. The molecular weight excluding hydrogens is 801 g/mol. The summed E-state index contributed by atoms with van der Waals surface area (Å²) in [6.45, 7) is 6.39. The van der Waals surface area contributed by atoms with Gasteiger partial charge in [-0.15, -0.1) is 0 Å². The molecule has 8 heteroatoms. The van der Waals surface area contributed by atoms with Gasteiger partial charge in [0.1, 0.15) is 24.7 Å². The van der Waals surface area contributed by atoms with Gasteiger partial charge in [0.2, 0.25) is 0 Å². The van der Waals surface area contributed by atoms with Crippen molar-refractivity contribution in [1.82, 2.24) is 0 Å². The molecule has 0 aliphatic rings. The van der Waals surface area contributed by atoms with Crippen LogP contribution in [0.25, 0.3) is 43.8 Å². The van der Waals surface area contributed by atoms with E-state index in [1.807, 2.05) is 24.3 Å². The Morgan fingerprint density at radius 2 is 0.578 bits per heavy atom. The fourth-order valence-electron chi connectivity index (χ4n) is 7.01. The Bertz CT molecular complexity index is 2390. The van der Waals surface area contributed by atoms with E-state index in [0.29, 0.717) is 79.3 Å². The number of fused-ring (bicyclic) bond motifs is 2. The van der Waals surface area contributed by atoms with Gasteiger partial charge in [0.05, 0.1) is 66.1 Å². The summed E-state index contributed by atoms with van der Waals surface area (Å²) in [5, 5.41) is 4.31. The molecule has 7 aromatic carbocycles. The van der Waals surface area contributed by atoms with E-state index in [1.54, 1.807) is 14.2 Å². The topological polar surface area (TPSA) is 73.8 Å². The van der Waals surface area contributed by atoms with Crippen molar-refractivity contribution in [3.05, 3.63) is 168 Å². The van der Waals surface area contributed by atoms with Crippen molar-refractivity contribution < 1.29 is 37.9 Å². The zero-order valence-electron chi connectivity index (χ0n) is 36.6. The molecule has 7 rings (SSSR count). The Labute approximate surface area is 376 Å². The van der Waals surface area contributed by atoms with Crippen molar-refractivity contribution in [3.63, 3.8) is 0 Å². The summed E-state index contributed by atoms with van der Waals surface area (Å²) in [5.41, 5.74) is 8.29. The SMILES string of the molecule is COCCOCCOCCOc1ccc(-c2ccc(C#Cc3c4ccccc4c(C#Cc4ccc(-c5ccc(OCCOCCOCCOC)cc5)cc4)c4ccccc34)cc2)cc1. The zero-order valence-corrected chi connectivity index (χ0v) is 36.6. The van der Waals surface area contributed by atoms with Crippen LogP contribution in [0.2, 0.25) is 0 Å². The molecule has 0 heterocycles. The minimum absolute atomic E-state index is 0.473. The number of benzene rings is 7. The van der Waals surface area contributed by atoms with Crippen LogP contribution in [0, 0.1) is 23.7 Å². The number of methoxy groups -OCH3 is 2. The molecule has 0 N–H and O–H groups in total. The van der Waals surface area contributed by atoms with Crippen LogP contribution in [0.1, 0.15) is 22.3 Å². The summed E-state index contributed by atoms with van der Waals surface area (Å²) in [6.07, 6.45) is 0. The van der Waals surface area contributed by atoms with Crippen molar-refractivity contribution in [3.8, 4) is 57.4 Å². The Hall–Kier alpha value is -6.46.